The van der Waals surface area contributed by atoms with Crippen molar-refractivity contribution in [3.05, 3.63) is 75.4 Å². The van der Waals surface area contributed by atoms with Crippen molar-refractivity contribution in [2.24, 2.45) is 5.92 Å². The van der Waals surface area contributed by atoms with Gasteiger partial charge in [0.25, 0.3) is 0 Å². The molecule has 29 heavy (non-hydrogen) atoms. The van der Waals surface area contributed by atoms with Crippen molar-refractivity contribution < 1.29 is 14.7 Å². The van der Waals surface area contributed by atoms with E-state index in [-0.39, 0.29) is 18.0 Å². The number of hydrogen-bond donors (Lipinski definition) is 2. The van der Waals surface area contributed by atoms with Crippen LogP contribution in [0.3, 0.4) is 0 Å². The summed E-state index contributed by atoms with van der Waals surface area (Å²) in [5.41, 5.74) is 2.71. The van der Waals surface area contributed by atoms with Gasteiger partial charge in [-0.25, -0.2) is 0 Å². The molecule has 3 rings (SSSR count). The van der Waals surface area contributed by atoms with Gasteiger partial charge in [-0.2, -0.15) is 0 Å². The molecule has 0 bridgehead atoms. The van der Waals surface area contributed by atoms with Crippen LogP contribution >= 0.6 is 15.9 Å². The molecule has 0 radical (unpaired) electrons. The van der Waals surface area contributed by atoms with Gasteiger partial charge in [0, 0.05) is 33.8 Å². The maximum atomic E-state index is 12.8. The highest BCUT2D eigenvalue weighted by molar-refractivity contribution is 9.10. The molecule has 2 aromatic rings. The number of aliphatic hydroxyl groups is 1. The minimum absolute atomic E-state index is 0.100. The number of allylic oxidation sites excluding steroid dienone is 1. The average Bonchev–Trinajstić information content (AvgIpc) is 2.62. The molecule has 1 aliphatic rings. The molecule has 2 N–H and O–H groups in total. The molecular formula is C24H26BrNO3. The second-order valence-electron chi connectivity index (χ2n) is 8.09. The molecule has 0 aliphatic heterocycles. The van der Waals surface area contributed by atoms with Gasteiger partial charge in [-0.05, 0) is 57.5 Å². The Bertz CT molecular complexity index is 959. The Morgan fingerprint density at radius 1 is 1.07 bits per heavy atom. The van der Waals surface area contributed by atoms with Gasteiger partial charge in [-0.15, -0.1) is 0 Å². The fourth-order valence-corrected chi connectivity index (χ4v) is 4.60. The summed E-state index contributed by atoms with van der Waals surface area (Å²) < 4.78 is 0.952. The maximum Gasteiger partial charge on any atom is 0.158 e. The number of anilines is 1. The number of aryl methyl sites for hydroxylation is 1. The zero-order valence-corrected chi connectivity index (χ0v) is 18.7. The lowest BCUT2D eigenvalue weighted by Gasteiger charge is -2.43. The van der Waals surface area contributed by atoms with Crippen LogP contribution in [-0.4, -0.2) is 22.3 Å². The van der Waals surface area contributed by atoms with E-state index >= 15 is 0 Å². The predicted octanol–water partition coefficient (Wildman–Crippen LogP) is 5.16. The molecule has 3 atom stereocenters. The first-order valence-electron chi connectivity index (χ1n) is 9.66. The molecule has 5 heteroatoms. The SMILES string of the molecule is CC(=O)C1=C(Nc2ccc(Br)cc2)C[C@](C)(O)[C@H](C(C)=O)[C@H]1c1ccc(C)cc1. The lowest BCUT2D eigenvalue weighted by atomic mass is 9.64. The standard InChI is InChI=1S/C24H26BrNO3/c1-14-5-7-17(8-6-14)22-21(15(2)27)20(13-24(4,29)23(22)16(3)28)26-19-11-9-18(25)10-12-19/h5-12,22-23,26,29H,13H2,1-4H3/t22-,23+,24-/m0/s1. The first-order chi connectivity index (χ1) is 13.6. The molecule has 0 amide bonds. The zero-order valence-electron chi connectivity index (χ0n) is 17.1. The highest BCUT2D eigenvalue weighted by atomic mass is 79.9. The van der Waals surface area contributed by atoms with Crippen LogP contribution in [-0.2, 0) is 9.59 Å². The molecule has 0 saturated heterocycles. The van der Waals surface area contributed by atoms with E-state index in [0.717, 1.165) is 21.3 Å². The lowest BCUT2D eigenvalue weighted by molar-refractivity contribution is -0.131. The smallest absolute Gasteiger partial charge is 0.158 e. The number of carbonyl (C=O) groups excluding carboxylic acids is 2. The maximum absolute atomic E-state index is 12.8. The molecule has 4 nitrogen and oxygen atoms in total. The summed E-state index contributed by atoms with van der Waals surface area (Å²) in [4.78, 5) is 25.4. The lowest BCUT2D eigenvalue weighted by Crippen LogP contribution is -2.48. The molecule has 0 unspecified atom stereocenters. The zero-order chi connectivity index (χ0) is 21.3. The highest BCUT2D eigenvalue weighted by Gasteiger charge is 2.49. The van der Waals surface area contributed by atoms with Crippen molar-refractivity contribution in [1.82, 2.24) is 0 Å². The molecule has 0 aromatic heterocycles. The van der Waals surface area contributed by atoms with Crippen molar-refractivity contribution in [2.75, 3.05) is 5.32 Å². The molecule has 0 heterocycles. The van der Waals surface area contributed by atoms with Gasteiger partial charge < -0.3 is 10.4 Å². The summed E-state index contributed by atoms with van der Waals surface area (Å²) in [6.07, 6.45) is 0.199. The topological polar surface area (TPSA) is 66.4 Å². The number of ketones is 2. The third kappa shape index (κ3) is 4.51. The second-order valence-corrected chi connectivity index (χ2v) is 9.01. The Morgan fingerprint density at radius 2 is 1.66 bits per heavy atom. The third-order valence-corrected chi connectivity index (χ3v) is 6.10. The van der Waals surface area contributed by atoms with Crippen LogP contribution in [0.25, 0.3) is 0 Å². The van der Waals surface area contributed by atoms with E-state index in [1.54, 1.807) is 6.92 Å². The minimum atomic E-state index is -1.28. The predicted molar refractivity (Wildman–Crippen MR) is 119 cm³/mol. The van der Waals surface area contributed by atoms with E-state index in [0.29, 0.717) is 11.3 Å². The number of rotatable bonds is 5. The summed E-state index contributed by atoms with van der Waals surface area (Å²) in [6.45, 7) is 6.69. The summed E-state index contributed by atoms with van der Waals surface area (Å²) in [5.74, 6) is -1.43. The fraction of sp³-hybridized carbons (Fsp3) is 0.333. The first-order valence-corrected chi connectivity index (χ1v) is 10.5. The largest absolute Gasteiger partial charge is 0.389 e. The Kier molecular flexibility index (Phi) is 6.11. The summed E-state index contributed by atoms with van der Waals surface area (Å²) >= 11 is 3.42. The van der Waals surface area contributed by atoms with Gasteiger partial charge in [0.1, 0.15) is 5.78 Å². The molecule has 0 fully saturated rings. The van der Waals surface area contributed by atoms with Crippen LogP contribution in [0, 0.1) is 12.8 Å². The van der Waals surface area contributed by atoms with Crippen molar-refractivity contribution in [1.29, 1.82) is 0 Å². The molecular weight excluding hydrogens is 430 g/mol. The van der Waals surface area contributed by atoms with E-state index in [9.17, 15) is 14.7 Å². The Morgan fingerprint density at radius 3 is 2.17 bits per heavy atom. The monoisotopic (exact) mass is 455 g/mol. The number of carbonyl (C=O) groups is 2. The van der Waals surface area contributed by atoms with Crippen LogP contribution in [0.15, 0.2) is 64.3 Å². The Balaban J connectivity index is 2.19. The number of Topliss-reactive ketones (excluding diaryl/α,β-unsaturated/α-hetero) is 2. The van der Waals surface area contributed by atoms with Gasteiger partial charge in [-0.3, -0.25) is 9.59 Å². The summed E-state index contributed by atoms with van der Waals surface area (Å²) in [7, 11) is 0. The average molecular weight is 456 g/mol. The summed E-state index contributed by atoms with van der Waals surface area (Å²) in [5, 5.41) is 14.6. The van der Waals surface area contributed by atoms with Gasteiger partial charge in [0.2, 0.25) is 0 Å². The van der Waals surface area contributed by atoms with E-state index in [4.69, 9.17) is 0 Å². The quantitative estimate of drug-likeness (QED) is 0.653. The molecule has 152 valence electrons. The second kappa shape index (κ2) is 8.25. The number of hydrogen-bond acceptors (Lipinski definition) is 4. The van der Waals surface area contributed by atoms with Crippen LogP contribution in [0.2, 0.25) is 0 Å². The van der Waals surface area contributed by atoms with Crippen LogP contribution in [0.4, 0.5) is 5.69 Å². The molecule has 2 aromatic carbocycles. The molecule has 1 aliphatic carbocycles. The van der Waals surface area contributed by atoms with Crippen molar-refractivity contribution in [3.63, 3.8) is 0 Å². The van der Waals surface area contributed by atoms with E-state index in [1.165, 1.54) is 13.8 Å². The summed E-state index contributed by atoms with van der Waals surface area (Å²) in [6, 6.07) is 15.4. The van der Waals surface area contributed by atoms with Crippen LogP contribution in [0.1, 0.15) is 44.2 Å². The molecule has 0 spiro atoms. The van der Waals surface area contributed by atoms with E-state index in [2.05, 4.69) is 21.2 Å². The van der Waals surface area contributed by atoms with Crippen LogP contribution < -0.4 is 5.32 Å². The van der Waals surface area contributed by atoms with Gasteiger partial charge in [0.15, 0.2) is 5.78 Å². The van der Waals surface area contributed by atoms with Gasteiger partial charge >= 0.3 is 0 Å². The van der Waals surface area contributed by atoms with Crippen molar-refractivity contribution in [2.45, 2.75) is 45.6 Å². The highest BCUT2D eigenvalue weighted by Crippen LogP contribution is 2.47. The molecule has 0 saturated carbocycles. The van der Waals surface area contributed by atoms with Gasteiger partial charge in [-0.1, -0.05) is 45.8 Å². The van der Waals surface area contributed by atoms with Gasteiger partial charge in [0.05, 0.1) is 11.5 Å². The first kappa shape index (κ1) is 21.5. The normalized spacial score (nSPS) is 24.3. The fourth-order valence-electron chi connectivity index (χ4n) is 4.33. The number of halogens is 1. The number of benzene rings is 2. The van der Waals surface area contributed by atoms with Crippen LogP contribution in [0.5, 0.6) is 0 Å². The van der Waals surface area contributed by atoms with E-state index < -0.39 is 17.4 Å². The third-order valence-electron chi connectivity index (χ3n) is 5.57. The van der Waals surface area contributed by atoms with Crippen molar-refractivity contribution in [3.8, 4) is 0 Å². The Labute approximate surface area is 180 Å². The van der Waals surface area contributed by atoms with E-state index in [1.807, 2.05) is 55.5 Å². The minimum Gasteiger partial charge on any atom is -0.389 e. The van der Waals surface area contributed by atoms with Crippen molar-refractivity contribution >= 4 is 33.2 Å². The number of nitrogens with one attached hydrogen (secondary N) is 1. The Hall–Kier alpha value is -2.24.